The van der Waals surface area contributed by atoms with Gasteiger partial charge in [-0.3, -0.25) is 0 Å². The molecule has 0 amide bonds. The normalized spacial score (nSPS) is 9.60. The van der Waals surface area contributed by atoms with Crippen molar-refractivity contribution >= 4 is 68.1 Å². The Morgan fingerprint density at radius 3 is 2.40 bits per heavy atom. The van der Waals surface area contributed by atoms with Crippen molar-refractivity contribution < 1.29 is 15.0 Å². The summed E-state index contributed by atoms with van der Waals surface area (Å²) >= 11 is 0. The van der Waals surface area contributed by atoms with Gasteiger partial charge in [0.25, 0.3) is 0 Å². The molecular formula is C11H8KO3. The van der Waals surface area contributed by atoms with Gasteiger partial charge in [0.05, 0.1) is 0 Å². The molecule has 0 saturated carbocycles. The molecule has 0 bridgehead atoms. The molecule has 0 aliphatic heterocycles. The quantitative estimate of drug-likeness (QED) is 0.731. The maximum absolute atomic E-state index is 10.9. The van der Waals surface area contributed by atoms with Crippen LogP contribution in [0.3, 0.4) is 0 Å². The van der Waals surface area contributed by atoms with Crippen LogP contribution in [0.5, 0.6) is 5.75 Å². The van der Waals surface area contributed by atoms with Gasteiger partial charge < -0.3 is 10.2 Å². The molecule has 0 fully saturated rings. The summed E-state index contributed by atoms with van der Waals surface area (Å²) in [6.45, 7) is 0. The average molecular weight is 227 g/mol. The van der Waals surface area contributed by atoms with Gasteiger partial charge in [-0.25, -0.2) is 4.79 Å². The van der Waals surface area contributed by atoms with Crippen LogP contribution in [0, 0.1) is 0 Å². The molecule has 2 rings (SSSR count). The summed E-state index contributed by atoms with van der Waals surface area (Å²) in [7, 11) is 0. The molecule has 0 spiro atoms. The fourth-order valence-corrected chi connectivity index (χ4v) is 1.48. The SMILES string of the molecule is O=C(O)c1c(O)ccc2ccccc12.[K]. The summed E-state index contributed by atoms with van der Waals surface area (Å²) in [5, 5.41) is 19.7. The van der Waals surface area contributed by atoms with Crippen molar-refractivity contribution in [1.82, 2.24) is 0 Å². The molecule has 3 nitrogen and oxygen atoms in total. The maximum Gasteiger partial charge on any atom is 0.340 e. The third-order valence-electron chi connectivity index (χ3n) is 2.12. The molecule has 0 saturated heterocycles. The Kier molecular flexibility index (Phi) is 4.30. The first-order valence-corrected chi connectivity index (χ1v) is 4.14. The van der Waals surface area contributed by atoms with Crippen LogP contribution in [-0.4, -0.2) is 67.6 Å². The van der Waals surface area contributed by atoms with Crippen LogP contribution < -0.4 is 0 Å². The van der Waals surface area contributed by atoms with Crippen molar-refractivity contribution in [2.45, 2.75) is 0 Å². The minimum atomic E-state index is -1.11. The minimum absolute atomic E-state index is 0. The number of aromatic carboxylic acids is 1. The Hall–Kier alpha value is -0.394. The Labute approximate surface area is 129 Å². The number of hydrogen-bond acceptors (Lipinski definition) is 2. The monoisotopic (exact) mass is 227 g/mol. The third-order valence-corrected chi connectivity index (χ3v) is 2.12. The van der Waals surface area contributed by atoms with Gasteiger partial charge in [-0.15, -0.1) is 0 Å². The Morgan fingerprint density at radius 2 is 1.73 bits per heavy atom. The van der Waals surface area contributed by atoms with Crippen LogP contribution >= 0.6 is 0 Å². The van der Waals surface area contributed by atoms with E-state index in [9.17, 15) is 9.90 Å². The van der Waals surface area contributed by atoms with E-state index in [-0.39, 0.29) is 62.7 Å². The largest absolute Gasteiger partial charge is 0.507 e. The molecule has 4 heteroatoms. The Balaban J connectivity index is 0.00000112. The molecule has 2 aromatic rings. The first kappa shape index (κ1) is 12.7. The second kappa shape index (κ2) is 5.09. The van der Waals surface area contributed by atoms with Gasteiger partial charge in [0, 0.05) is 51.4 Å². The van der Waals surface area contributed by atoms with Crippen molar-refractivity contribution in [2.75, 3.05) is 0 Å². The Morgan fingerprint density at radius 1 is 1.07 bits per heavy atom. The zero-order valence-electron chi connectivity index (χ0n) is 8.27. The number of carboxylic acids is 1. The van der Waals surface area contributed by atoms with Gasteiger partial charge in [-0.2, -0.15) is 0 Å². The summed E-state index contributed by atoms with van der Waals surface area (Å²) in [6, 6.07) is 10.1. The van der Waals surface area contributed by atoms with Gasteiger partial charge in [-0.05, 0) is 16.8 Å². The minimum Gasteiger partial charge on any atom is -0.507 e. The smallest absolute Gasteiger partial charge is 0.340 e. The topological polar surface area (TPSA) is 57.5 Å². The number of aromatic hydroxyl groups is 1. The van der Waals surface area contributed by atoms with Crippen molar-refractivity contribution in [3.05, 3.63) is 42.0 Å². The zero-order valence-corrected chi connectivity index (χ0v) is 11.4. The fraction of sp³-hybridized carbons (Fsp3) is 0. The summed E-state index contributed by atoms with van der Waals surface area (Å²) in [6.07, 6.45) is 0. The molecule has 0 aliphatic carbocycles. The third kappa shape index (κ3) is 2.41. The molecule has 0 aromatic heterocycles. The standard InChI is InChI=1S/C11H8O3.K/c12-9-6-5-7-3-1-2-4-8(7)10(9)11(13)14;/h1-6,12H,(H,13,14);. The fourth-order valence-electron chi connectivity index (χ4n) is 1.48. The first-order valence-electron chi connectivity index (χ1n) is 4.14. The van der Waals surface area contributed by atoms with Gasteiger partial charge in [0.2, 0.25) is 0 Å². The van der Waals surface area contributed by atoms with E-state index < -0.39 is 5.97 Å². The molecule has 1 radical (unpaired) electrons. The summed E-state index contributed by atoms with van der Waals surface area (Å²) < 4.78 is 0. The van der Waals surface area contributed by atoms with Crippen LogP contribution in [0.1, 0.15) is 10.4 Å². The van der Waals surface area contributed by atoms with Crippen LogP contribution in [0.15, 0.2) is 36.4 Å². The molecule has 71 valence electrons. The number of phenols is 1. The summed E-state index contributed by atoms with van der Waals surface area (Å²) in [5.41, 5.74) is -0.0388. The second-order valence-electron chi connectivity index (χ2n) is 2.99. The molecule has 0 aliphatic rings. The zero-order chi connectivity index (χ0) is 10.1. The predicted molar refractivity (Wildman–Crippen MR) is 58.3 cm³/mol. The van der Waals surface area contributed by atoms with Crippen molar-refractivity contribution in [3.63, 3.8) is 0 Å². The first-order chi connectivity index (χ1) is 6.70. The molecule has 0 unspecified atom stereocenters. The van der Waals surface area contributed by atoms with Crippen LogP contribution in [-0.2, 0) is 0 Å². The van der Waals surface area contributed by atoms with Crippen LogP contribution in [0.2, 0.25) is 0 Å². The van der Waals surface area contributed by atoms with E-state index in [2.05, 4.69) is 0 Å². The number of carboxylic acid groups (broad SMARTS) is 1. The number of fused-ring (bicyclic) bond motifs is 1. The van der Waals surface area contributed by atoms with Crippen LogP contribution in [0.4, 0.5) is 0 Å². The number of benzene rings is 2. The summed E-state index contributed by atoms with van der Waals surface area (Å²) in [5.74, 6) is -1.31. The molecule has 2 N–H and O–H groups in total. The van der Waals surface area contributed by atoms with Crippen molar-refractivity contribution in [1.29, 1.82) is 0 Å². The van der Waals surface area contributed by atoms with E-state index in [4.69, 9.17) is 5.11 Å². The Bertz CT molecular complexity index is 508. The van der Waals surface area contributed by atoms with E-state index in [1.54, 1.807) is 24.3 Å². The van der Waals surface area contributed by atoms with E-state index >= 15 is 0 Å². The van der Waals surface area contributed by atoms with Crippen LogP contribution in [0.25, 0.3) is 10.8 Å². The van der Waals surface area contributed by atoms with E-state index in [1.807, 2.05) is 6.07 Å². The van der Waals surface area contributed by atoms with Gasteiger partial charge >= 0.3 is 5.97 Å². The molecule has 0 heterocycles. The van der Waals surface area contributed by atoms with E-state index in [0.29, 0.717) is 5.39 Å². The average Bonchev–Trinajstić information content (AvgIpc) is 2.17. The number of rotatable bonds is 1. The van der Waals surface area contributed by atoms with E-state index in [0.717, 1.165) is 5.39 Å². The van der Waals surface area contributed by atoms with Crippen molar-refractivity contribution in [2.24, 2.45) is 0 Å². The van der Waals surface area contributed by atoms with E-state index in [1.165, 1.54) is 6.07 Å². The predicted octanol–water partition coefficient (Wildman–Crippen LogP) is 1.86. The summed E-state index contributed by atoms with van der Waals surface area (Å²) in [4.78, 5) is 10.9. The molecule has 0 atom stereocenters. The molecular weight excluding hydrogens is 219 g/mol. The number of hydrogen-bond donors (Lipinski definition) is 2. The molecule has 2 aromatic carbocycles. The second-order valence-corrected chi connectivity index (χ2v) is 2.99. The molecule has 15 heavy (non-hydrogen) atoms. The van der Waals surface area contributed by atoms with Crippen molar-refractivity contribution in [3.8, 4) is 5.75 Å². The van der Waals surface area contributed by atoms with Gasteiger partial charge in [-0.1, -0.05) is 30.3 Å². The van der Waals surface area contributed by atoms with Gasteiger partial charge in [0.1, 0.15) is 11.3 Å². The maximum atomic E-state index is 10.9. The number of carbonyl (C=O) groups is 1. The van der Waals surface area contributed by atoms with Gasteiger partial charge in [0.15, 0.2) is 0 Å².